The van der Waals surface area contributed by atoms with E-state index in [1.165, 1.54) is 5.56 Å². The molecule has 0 bridgehead atoms. The highest BCUT2D eigenvalue weighted by Gasteiger charge is 2.27. The summed E-state index contributed by atoms with van der Waals surface area (Å²) in [5.41, 5.74) is 4.54. The van der Waals surface area contributed by atoms with E-state index in [0.29, 0.717) is 6.04 Å². The Morgan fingerprint density at radius 1 is 1.03 bits per heavy atom. The Balaban J connectivity index is 1.37. The fraction of sp³-hybridized carbons (Fsp3) is 0.391. The minimum Gasteiger partial charge on any atom is -0.396 e. The number of hydrogen-bond acceptors (Lipinski definition) is 5. The minimum absolute atomic E-state index is 0.217. The van der Waals surface area contributed by atoms with Gasteiger partial charge in [-0.2, -0.15) is 5.10 Å². The Labute approximate surface area is 172 Å². The van der Waals surface area contributed by atoms with Crippen molar-refractivity contribution in [3.05, 3.63) is 77.9 Å². The van der Waals surface area contributed by atoms with E-state index in [1.54, 1.807) is 6.20 Å². The highest BCUT2D eigenvalue weighted by atomic mass is 16.3. The third-order valence-electron chi connectivity index (χ3n) is 5.57. The molecule has 6 nitrogen and oxygen atoms in total. The van der Waals surface area contributed by atoms with Gasteiger partial charge in [0.2, 0.25) is 0 Å². The van der Waals surface area contributed by atoms with Crippen LogP contribution in [0.1, 0.15) is 23.4 Å². The Bertz CT molecular complexity index is 894. The lowest BCUT2D eigenvalue weighted by Crippen LogP contribution is -2.52. The van der Waals surface area contributed by atoms with E-state index >= 15 is 0 Å². The molecule has 1 saturated heterocycles. The normalized spacial score (nSPS) is 18.2. The van der Waals surface area contributed by atoms with Crippen molar-refractivity contribution in [2.45, 2.75) is 32.5 Å². The maximum absolute atomic E-state index is 9.57. The zero-order chi connectivity index (χ0) is 20.1. The summed E-state index contributed by atoms with van der Waals surface area (Å²) in [7, 11) is 0. The second kappa shape index (κ2) is 9.31. The predicted octanol–water partition coefficient (Wildman–Crippen LogP) is 2.64. The average Bonchev–Trinajstić information content (AvgIpc) is 3.26. The minimum atomic E-state index is 0.217. The summed E-state index contributed by atoms with van der Waals surface area (Å²) >= 11 is 0. The molecule has 2 aromatic heterocycles. The molecule has 0 radical (unpaired) electrons. The number of aliphatic hydroxyl groups is 1. The SMILES string of the molecule is Cc1cccc(CN2CCN(Cc3ccc(-n4cccn4)cc3)C[C@@H]2CCO)n1. The molecule has 1 atom stereocenters. The molecule has 0 spiro atoms. The van der Waals surface area contributed by atoms with Gasteiger partial charge in [0.25, 0.3) is 0 Å². The average molecular weight is 392 g/mol. The molecular formula is C23H29N5O. The highest BCUT2D eigenvalue weighted by molar-refractivity contribution is 5.33. The molecule has 1 aliphatic rings. The molecule has 152 valence electrons. The predicted molar refractivity (Wildman–Crippen MR) is 114 cm³/mol. The van der Waals surface area contributed by atoms with Gasteiger partial charge in [-0.1, -0.05) is 18.2 Å². The second-order valence-corrected chi connectivity index (χ2v) is 7.76. The van der Waals surface area contributed by atoms with Crippen LogP contribution in [0, 0.1) is 6.92 Å². The summed E-state index contributed by atoms with van der Waals surface area (Å²) in [6.07, 6.45) is 4.54. The van der Waals surface area contributed by atoms with Gasteiger partial charge in [-0.05, 0) is 49.2 Å². The van der Waals surface area contributed by atoms with Gasteiger partial charge in [-0.3, -0.25) is 14.8 Å². The smallest absolute Gasteiger partial charge is 0.0645 e. The quantitative estimate of drug-likeness (QED) is 0.671. The van der Waals surface area contributed by atoms with Crippen molar-refractivity contribution in [2.75, 3.05) is 26.2 Å². The molecule has 1 fully saturated rings. The number of benzene rings is 1. The molecule has 4 rings (SSSR count). The first kappa shape index (κ1) is 19.8. The van der Waals surface area contributed by atoms with Gasteiger partial charge in [-0.15, -0.1) is 0 Å². The molecule has 0 saturated carbocycles. The summed E-state index contributed by atoms with van der Waals surface area (Å²) in [5, 5.41) is 13.9. The van der Waals surface area contributed by atoms with E-state index in [4.69, 9.17) is 0 Å². The third-order valence-corrected chi connectivity index (χ3v) is 5.57. The van der Waals surface area contributed by atoms with Crippen molar-refractivity contribution in [3.63, 3.8) is 0 Å². The Morgan fingerprint density at radius 2 is 1.90 bits per heavy atom. The van der Waals surface area contributed by atoms with Crippen LogP contribution in [0.3, 0.4) is 0 Å². The van der Waals surface area contributed by atoms with Gasteiger partial charge in [-0.25, -0.2) is 4.68 Å². The number of nitrogens with zero attached hydrogens (tertiary/aromatic N) is 5. The summed E-state index contributed by atoms with van der Waals surface area (Å²) in [4.78, 5) is 9.61. The number of pyridine rings is 1. The molecule has 0 amide bonds. The summed E-state index contributed by atoms with van der Waals surface area (Å²) < 4.78 is 1.87. The van der Waals surface area contributed by atoms with Gasteiger partial charge in [0.15, 0.2) is 0 Å². The molecule has 3 heterocycles. The molecule has 1 aliphatic heterocycles. The van der Waals surface area contributed by atoms with E-state index in [-0.39, 0.29) is 6.61 Å². The zero-order valence-electron chi connectivity index (χ0n) is 17.0. The molecule has 3 aromatic rings. The van der Waals surface area contributed by atoms with Crippen molar-refractivity contribution in [2.24, 2.45) is 0 Å². The maximum atomic E-state index is 9.57. The molecule has 1 N–H and O–H groups in total. The molecule has 29 heavy (non-hydrogen) atoms. The molecule has 6 heteroatoms. The number of rotatable bonds is 7. The molecular weight excluding hydrogens is 362 g/mol. The van der Waals surface area contributed by atoms with E-state index in [0.717, 1.165) is 56.2 Å². The Kier molecular flexibility index (Phi) is 6.34. The molecule has 0 aliphatic carbocycles. The van der Waals surface area contributed by atoms with Crippen molar-refractivity contribution < 1.29 is 5.11 Å². The number of aliphatic hydroxyl groups excluding tert-OH is 1. The fourth-order valence-electron chi connectivity index (χ4n) is 4.06. The summed E-state index contributed by atoms with van der Waals surface area (Å²) in [6, 6.07) is 17.1. The number of aromatic nitrogens is 3. The highest BCUT2D eigenvalue weighted by Crippen LogP contribution is 2.19. The van der Waals surface area contributed by atoms with Crippen LogP contribution < -0.4 is 0 Å². The van der Waals surface area contributed by atoms with Crippen LogP contribution in [0.2, 0.25) is 0 Å². The van der Waals surface area contributed by atoms with Crippen molar-refractivity contribution >= 4 is 0 Å². The van der Waals surface area contributed by atoms with Crippen LogP contribution in [-0.4, -0.2) is 62.0 Å². The topological polar surface area (TPSA) is 57.4 Å². The summed E-state index contributed by atoms with van der Waals surface area (Å²) in [6.45, 7) is 7.00. The Hall–Kier alpha value is -2.54. The van der Waals surface area contributed by atoms with E-state index in [9.17, 15) is 5.11 Å². The van der Waals surface area contributed by atoms with E-state index < -0.39 is 0 Å². The first-order valence-corrected chi connectivity index (χ1v) is 10.3. The number of aryl methyl sites for hydroxylation is 1. The lowest BCUT2D eigenvalue weighted by molar-refractivity contribution is 0.0491. The van der Waals surface area contributed by atoms with Crippen LogP contribution in [-0.2, 0) is 13.1 Å². The maximum Gasteiger partial charge on any atom is 0.0645 e. The van der Waals surface area contributed by atoms with Crippen LogP contribution in [0.25, 0.3) is 5.69 Å². The van der Waals surface area contributed by atoms with Crippen LogP contribution in [0.5, 0.6) is 0 Å². The van der Waals surface area contributed by atoms with E-state index in [2.05, 4.69) is 56.3 Å². The Morgan fingerprint density at radius 3 is 2.62 bits per heavy atom. The zero-order valence-corrected chi connectivity index (χ0v) is 17.0. The monoisotopic (exact) mass is 391 g/mol. The van der Waals surface area contributed by atoms with Crippen LogP contribution >= 0.6 is 0 Å². The number of piperazine rings is 1. The van der Waals surface area contributed by atoms with Crippen molar-refractivity contribution in [1.82, 2.24) is 24.6 Å². The largest absolute Gasteiger partial charge is 0.396 e. The van der Waals surface area contributed by atoms with Gasteiger partial charge >= 0.3 is 0 Å². The lowest BCUT2D eigenvalue weighted by Gasteiger charge is -2.41. The van der Waals surface area contributed by atoms with Gasteiger partial charge in [0.1, 0.15) is 0 Å². The van der Waals surface area contributed by atoms with Gasteiger partial charge in [0, 0.05) is 63.5 Å². The van der Waals surface area contributed by atoms with Crippen LogP contribution in [0.15, 0.2) is 60.9 Å². The number of hydrogen-bond donors (Lipinski definition) is 1. The standard InChI is InChI=1S/C23H29N5O/c1-19-4-2-5-21(25-19)17-27-14-13-26(18-23(27)10-15-29)16-20-6-8-22(9-7-20)28-12-3-11-24-28/h2-9,11-12,23,29H,10,13-18H2,1H3/t23-/m0/s1. The third kappa shape index (κ3) is 5.09. The van der Waals surface area contributed by atoms with Crippen molar-refractivity contribution in [1.29, 1.82) is 0 Å². The van der Waals surface area contributed by atoms with Crippen LogP contribution in [0.4, 0.5) is 0 Å². The van der Waals surface area contributed by atoms with E-state index in [1.807, 2.05) is 29.9 Å². The lowest BCUT2D eigenvalue weighted by atomic mass is 10.1. The first-order valence-electron chi connectivity index (χ1n) is 10.3. The molecule has 0 unspecified atom stereocenters. The van der Waals surface area contributed by atoms with Gasteiger partial charge in [0.05, 0.1) is 11.4 Å². The summed E-state index contributed by atoms with van der Waals surface area (Å²) in [5.74, 6) is 0. The van der Waals surface area contributed by atoms with Gasteiger partial charge < -0.3 is 5.11 Å². The van der Waals surface area contributed by atoms with Crippen molar-refractivity contribution in [3.8, 4) is 5.69 Å². The second-order valence-electron chi connectivity index (χ2n) is 7.76. The fourth-order valence-corrected chi connectivity index (χ4v) is 4.06. The first-order chi connectivity index (χ1) is 14.2. The molecule has 1 aromatic carbocycles.